The van der Waals surface area contributed by atoms with E-state index in [2.05, 4.69) is 26.1 Å². The highest BCUT2D eigenvalue weighted by Gasteiger charge is 2.02. The molecule has 0 unspecified atom stereocenters. The first-order valence-electron chi connectivity index (χ1n) is 5.65. The number of carbonyl (C=O) groups is 1. The maximum atomic E-state index is 11.4. The number of allylic oxidation sites excluding steroid dienone is 3. The Hall–Kier alpha value is -1.05. The molecule has 2 heteroatoms. The summed E-state index contributed by atoms with van der Waals surface area (Å²) in [5.74, 6) is 0.612. The van der Waals surface area contributed by atoms with Gasteiger partial charge in [0.05, 0.1) is 0 Å². The van der Waals surface area contributed by atoms with Crippen molar-refractivity contribution in [3.05, 3.63) is 23.4 Å². The Morgan fingerprint density at radius 1 is 1.40 bits per heavy atom. The molecular formula is C13H23NO. The van der Waals surface area contributed by atoms with Crippen molar-refractivity contribution in [3.63, 3.8) is 0 Å². The van der Waals surface area contributed by atoms with E-state index in [4.69, 9.17) is 0 Å². The molecule has 15 heavy (non-hydrogen) atoms. The minimum atomic E-state index is 0.0957. The Kier molecular flexibility index (Phi) is 6.76. The number of rotatable bonds is 5. The van der Waals surface area contributed by atoms with E-state index < -0.39 is 0 Å². The Labute approximate surface area is 93.5 Å². The molecule has 0 aliphatic rings. The van der Waals surface area contributed by atoms with Crippen LogP contribution in [-0.2, 0) is 4.79 Å². The van der Waals surface area contributed by atoms with Crippen LogP contribution >= 0.6 is 0 Å². The van der Waals surface area contributed by atoms with E-state index in [0.717, 1.165) is 12.1 Å². The average Bonchev–Trinajstić information content (AvgIpc) is 2.16. The summed E-state index contributed by atoms with van der Waals surface area (Å²) in [6, 6.07) is 0. The van der Waals surface area contributed by atoms with Crippen molar-refractivity contribution < 1.29 is 4.79 Å². The minimum Gasteiger partial charge on any atom is -0.326 e. The van der Waals surface area contributed by atoms with Crippen LogP contribution in [0, 0.1) is 5.92 Å². The summed E-state index contributed by atoms with van der Waals surface area (Å²) >= 11 is 0. The fraction of sp³-hybridized carbons (Fsp3) is 0.615. The molecule has 0 spiro atoms. The third-order valence-corrected chi connectivity index (χ3v) is 2.37. The molecule has 0 rings (SSSR count). The van der Waals surface area contributed by atoms with Gasteiger partial charge in [-0.25, -0.2) is 0 Å². The maximum Gasteiger partial charge on any atom is 0.224 e. The van der Waals surface area contributed by atoms with E-state index in [1.165, 1.54) is 5.57 Å². The zero-order valence-corrected chi connectivity index (χ0v) is 10.6. The molecule has 0 aliphatic carbocycles. The third-order valence-electron chi connectivity index (χ3n) is 2.37. The van der Waals surface area contributed by atoms with Crippen LogP contribution in [0.25, 0.3) is 0 Å². The van der Waals surface area contributed by atoms with E-state index >= 15 is 0 Å². The van der Waals surface area contributed by atoms with Gasteiger partial charge in [0.15, 0.2) is 0 Å². The predicted molar refractivity (Wildman–Crippen MR) is 65.4 cm³/mol. The molecule has 1 N–H and O–H groups in total. The highest BCUT2D eigenvalue weighted by molar-refractivity contribution is 5.78. The van der Waals surface area contributed by atoms with Gasteiger partial charge in [0.1, 0.15) is 0 Å². The molecule has 2 nitrogen and oxygen atoms in total. The number of amides is 1. The predicted octanol–water partition coefficient (Wildman–Crippen LogP) is 3.41. The summed E-state index contributed by atoms with van der Waals surface area (Å²) in [7, 11) is 0. The van der Waals surface area contributed by atoms with Gasteiger partial charge in [0, 0.05) is 12.1 Å². The molecule has 0 aliphatic heterocycles. The van der Waals surface area contributed by atoms with Gasteiger partial charge in [0.2, 0.25) is 5.91 Å². The van der Waals surface area contributed by atoms with Gasteiger partial charge in [-0.1, -0.05) is 32.4 Å². The van der Waals surface area contributed by atoms with Crippen LogP contribution < -0.4 is 5.32 Å². The van der Waals surface area contributed by atoms with Crippen LogP contribution in [0.15, 0.2) is 23.4 Å². The summed E-state index contributed by atoms with van der Waals surface area (Å²) in [6.07, 6.45) is 5.44. The summed E-state index contributed by atoms with van der Waals surface area (Å²) in [6.45, 7) is 10.3. The lowest BCUT2D eigenvalue weighted by molar-refractivity contribution is -0.120. The smallest absolute Gasteiger partial charge is 0.224 e. The molecule has 0 heterocycles. The van der Waals surface area contributed by atoms with Gasteiger partial charge < -0.3 is 5.32 Å². The van der Waals surface area contributed by atoms with Gasteiger partial charge in [-0.05, 0) is 32.3 Å². The number of nitrogens with one attached hydrogen (secondary N) is 1. The van der Waals surface area contributed by atoms with Gasteiger partial charge in [-0.15, -0.1) is 0 Å². The van der Waals surface area contributed by atoms with Gasteiger partial charge in [-0.2, -0.15) is 0 Å². The molecule has 0 fully saturated rings. The second kappa shape index (κ2) is 7.27. The monoisotopic (exact) mass is 209 g/mol. The van der Waals surface area contributed by atoms with Crippen LogP contribution in [-0.4, -0.2) is 5.91 Å². The Bertz CT molecular complexity index is 262. The fourth-order valence-electron chi connectivity index (χ4n) is 1.05. The van der Waals surface area contributed by atoms with Crippen molar-refractivity contribution in [1.29, 1.82) is 0 Å². The zero-order valence-electron chi connectivity index (χ0n) is 10.6. The normalized spacial score (nSPS) is 13.2. The van der Waals surface area contributed by atoms with Gasteiger partial charge in [0.25, 0.3) is 0 Å². The standard InChI is InChI=1S/C13H23NO/c1-6-8-13(15)14-12(7-2)9-11(5)10(3)4/h7,9-10H,6,8H2,1-5H3,(H,14,15)/b11-9-,12-7+. The van der Waals surface area contributed by atoms with Crippen molar-refractivity contribution in [2.24, 2.45) is 5.92 Å². The highest BCUT2D eigenvalue weighted by Crippen LogP contribution is 2.10. The quantitative estimate of drug-likeness (QED) is 0.691. The number of hydrogen-bond donors (Lipinski definition) is 1. The Balaban J connectivity index is 4.41. The van der Waals surface area contributed by atoms with Crippen LogP contribution in [0.4, 0.5) is 0 Å². The first-order valence-corrected chi connectivity index (χ1v) is 5.65. The summed E-state index contributed by atoms with van der Waals surface area (Å²) in [5, 5.41) is 2.90. The lowest BCUT2D eigenvalue weighted by Gasteiger charge is -2.09. The van der Waals surface area contributed by atoms with Crippen molar-refractivity contribution in [3.8, 4) is 0 Å². The van der Waals surface area contributed by atoms with Crippen LogP contribution in [0.2, 0.25) is 0 Å². The van der Waals surface area contributed by atoms with Crippen LogP contribution in [0.3, 0.4) is 0 Å². The van der Waals surface area contributed by atoms with Crippen molar-refractivity contribution in [2.45, 2.75) is 47.5 Å². The lowest BCUT2D eigenvalue weighted by Crippen LogP contribution is -2.21. The van der Waals surface area contributed by atoms with Gasteiger partial charge in [-0.3, -0.25) is 4.79 Å². The number of hydrogen-bond acceptors (Lipinski definition) is 1. The molecule has 0 saturated carbocycles. The zero-order chi connectivity index (χ0) is 11.8. The molecule has 0 aromatic carbocycles. The molecule has 0 bridgehead atoms. The summed E-state index contributed by atoms with van der Waals surface area (Å²) in [5.41, 5.74) is 2.18. The molecular weight excluding hydrogens is 186 g/mol. The second-order valence-corrected chi connectivity index (χ2v) is 4.09. The fourth-order valence-corrected chi connectivity index (χ4v) is 1.05. The summed E-state index contributed by atoms with van der Waals surface area (Å²) in [4.78, 5) is 11.4. The Morgan fingerprint density at radius 3 is 2.40 bits per heavy atom. The van der Waals surface area contributed by atoms with Crippen molar-refractivity contribution >= 4 is 5.91 Å². The van der Waals surface area contributed by atoms with E-state index in [-0.39, 0.29) is 5.91 Å². The van der Waals surface area contributed by atoms with Gasteiger partial charge >= 0.3 is 0 Å². The molecule has 0 radical (unpaired) electrons. The topological polar surface area (TPSA) is 29.1 Å². The maximum absolute atomic E-state index is 11.4. The molecule has 1 amide bonds. The van der Waals surface area contributed by atoms with E-state index in [0.29, 0.717) is 12.3 Å². The first-order chi connectivity index (χ1) is 7.01. The summed E-state index contributed by atoms with van der Waals surface area (Å²) < 4.78 is 0. The highest BCUT2D eigenvalue weighted by atomic mass is 16.1. The number of carbonyl (C=O) groups excluding carboxylic acids is 1. The third kappa shape index (κ3) is 6.10. The molecule has 0 aromatic heterocycles. The van der Waals surface area contributed by atoms with E-state index in [9.17, 15) is 4.79 Å². The molecule has 0 atom stereocenters. The second-order valence-electron chi connectivity index (χ2n) is 4.09. The van der Waals surface area contributed by atoms with E-state index in [1.807, 2.05) is 26.0 Å². The molecule has 0 aromatic rings. The Morgan fingerprint density at radius 2 is 2.00 bits per heavy atom. The van der Waals surface area contributed by atoms with Crippen molar-refractivity contribution in [2.75, 3.05) is 0 Å². The van der Waals surface area contributed by atoms with Crippen molar-refractivity contribution in [1.82, 2.24) is 5.32 Å². The lowest BCUT2D eigenvalue weighted by atomic mass is 10.0. The van der Waals surface area contributed by atoms with E-state index in [1.54, 1.807) is 0 Å². The van der Waals surface area contributed by atoms with Crippen LogP contribution in [0.5, 0.6) is 0 Å². The SMILES string of the molecule is C/C=C(\C=C(\C)C(C)C)NC(=O)CCC. The molecule has 86 valence electrons. The molecule has 0 saturated heterocycles. The average molecular weight is 209 g/mol. The largest absolute Gasteiger partial charge is 0.326 e. The van der Waals surface area contributed by atoms with Crippen LogP contribution in [0.1, 0.15) is 47.5 Å². The first kappa shape index (κ1) is 13.9. The minimum absolute atomic E-state index is 0.0957.